The summed E-state index contributed by atoms with van der Waals surface area (Å²) in [6.45, 7) is 13.0. The van der Waals surface area contributed by atoms with Gasteiger partial charge in [-0.15, -0.1) is 0 Å². The van der Waals surface area contributed by atoms with Gasteiger partial charge in [-0.25, -0.2) is 4.98 Å². The summed E-state index contributed by atoms with van der Waals surface area (Å²) in [5, 5.41) is 30.4. The molecule has 350 valence electrons. The van der Waals surface area contributed by atoms with Crippen molar-refractivity contribution >= 4 is 0 Å². The average Bonchev–Trinajstić information content (AvgIpc) is 3.24. The minimum atomic E-state index is -4.68. The maximum absolute atomic E-state index is 15.2. The first kappa shape index (κ1) is 47.0. The van der Waals surface area contributed by atoms with Gasteiger partial charge in [0, 0.05) is 11.1 Å². The molecule has 13 rings (SSSR count). The van der Waals surface area contributed by atoms with E-state index in [1.807, 2.05) is 48.5 Å². The van der Waals surface area contributed by atoms with Crippen molar-refractivity contribution in [1.29, 1.82) is 0 Å². The van der Waals surface area contributed by atoms with Crippen molar-refractivity contribution in [3.05, 3.63) is 113 Å². The van der Waals surface area contributed by atoms with E-state index in [0.29, 0.717) is 68.9 Å². The molecule has 0 spiro atoms. The van der Waals surface area contributed by atoms with E-state index >= 15 is 23.4 Å². The molecule has 8 aliphatic rings. The molecule has 1 aromatic heterocycles. The van der Waals surface area contributed by atoms with Crippen LogP contribution in [0.3, 0.4) is 0 Å². The van der Waals surface area contributed by atoms with Crippen LogP contribution in [0.25, 0.3) is 44.8 Å². The number of benzene rings is 4. The van der Waals surface area contributed by atoms with E-state index in [2.05, 4.69) is 63.0 Å². The molecule has 0 saturated heterocycles. The molecule has 0 unspecified atom stereocenters. The summed E-state index contributed by atoms with van der Waals surface area (Å²) in [6.07, 6.45) is 9.10. The maximum atomic E-state index is 15.2. The van der Waals surface area contributed by atoms with E-state index in [0.717, 1.165) is 72.9 Å². The van der Waals surface area contributed by atoms with Gasteiger partial charge in [0.1, 0.15) is 0 Å². The van der Waals surface area contributed by atoms with E-state index in [-0.39, 0.29) is 67.5 Å². The van der Waals surface area contributed by atoms with Crippen LogP contribution in [0.4, 0.5) is 13.2 Å². The third-order valence-electron chi connectivity index (χ3n) is 17.3. The van der Waals surface area contributed by atoms with E-state index in [9.17, 15) is 0 Å². The summed E-state index contributed by atoms with van der Waals surface area (Å²) in [4.78, 5) is 5.11. The number of nitrogens with zero attached hydrogens (tertiary/aromatic N) is 1. The van der Waals surface area contributed by atoms with Crippen LogP contribution in [0.1, 0.15) is 146 Å². The molecule has 7 heteroatoms. The Morgan fingerprint density at radius 2 is 0.761 bits per heavy atom. The fraction of sp³-hybridized carbons (Fsp3) is 0.517. The fourth-order valence-corrected chi connectivity index (χ4v) is 15.0. The summed E-state index contributed by atoms with van der Waals surface area (Å²) in [5.74, 6) is 3.87. The van der Waals surface area contributed by atoms with Gasteiger partial charge in [-0.05, 0) is 191 Å². The first-order valence-electron chi connectivity index (χ1n) is 25.3. The van der Waals surface area contributed by atoms with Gasteiger partial charge >= 0.3 is 38.4 Å². The van der Waals surface area contributed by atoms with Gasteiger partial charge in [0.2, 0.25) is 0 Å². The third-order valence-corrected chi connectivity index (χ3v) is 17.3. The molecule has 1 heterocycles. The second-order valence-corrected chi connectivity index (χ2v) is 28.0. The summed E-state index contributed by atoms with van der Waals surface area (Å²) >= 11 is 0.0833. The molecule has 3 nitrogen and oxygen atoms in total. The monoisotopic (exact) mass is 1070 g/mol. The molecule has 5 aromatic rings. The van der Waals surface area contributed by atoms with Crippen LogP contribution < -0.4 is 10.2 Å². The van der Waals surface area contributed by atoms with Crippen LogP contribution in [-0.4, -0.2) is 4.98 Å². The molecular formula is C60H68F3HfNO2. The number of hydrogen-bond acceptors (Lipinski definition) is 3. The molecular weight excluding hydrogens is 1000 g/mol. The van der Waals surface area contributed by atoms with Gasteiger partial charge in [-0.1, -0.05) is 126 Å². The van der Waals surface area contributed by atoms with Gasteiger partial charge in [-0.2, -0.15) is 13.2 Å². The number of hydrogen-bond donors (Lipinski definition) is 0. The molecule has 0 aliphatic heterocycles. The first-order valence-corrected chi connectivity index (χ1v) is 32.4. The van der Waals surface area contributed by atoms with E-state index < -0.39 is 11.7 Å². The Hall–Kier alpha value is -3.71. The van der Waals surface area contributed by atoms with Crippen LogP contribution >= 0.6 is 0 Å². The second-order valence-electron chi connectivity index (χ2n) is 24.4. The fourth-order valence-electron chi connectivity index (χ4n) is 15.0. The molecule has 8 bridgehead atoms. The molecule has 0 atom stereocenters. The summed E-state index contributed by atoms with van der Waals surface area (Å²) < 4.78 is 50.3. The molecule has 0 amide bonds. The molecule has 4 aromatic carbocycles. The Balaban J connectivity index is 0.00000171. The summed E-state index contributed by atoms with van der Waals surface area (Å²) in [7, 11) is 0. The zero-order chi connectivity index (χ0) is 47.4. The quantitative estimate of drug-likeness (QED) is 0.159. The van der Waals surface area contributed by atoms with Gasteiger partial charge < -0.3 is 10.2 Å². The van der Waals surface area contributed by atoms with Crippen LogP contribution in [-0.2, 0) is 50.7 Å². The van der Waals surface area contributed by atoms with Crippen molar-refractivity contribution < 1.29 is 46.3 Å². The SMILES string of the molecule is CC(C)(C)c1cc(-c2ccccc2-c2cc(C(F)(F)F)cc(-c3ccccc3-c3cc(C(C)(C)C)cc(C45CC6CC(CC(C6)C4)C5)c3[O-])n2)c([O-])c(C23CC4CC(CC(C4)C2)C3)c1.[CH3][Hf+2][CH3]. The normalized spacial score (nSPS) is 28.3. The van der Waals surface area contributed by atoms with E-state index in [1.54, 1.807) is 12.1 Å². The Bertz CT molecular complexity index is 2460. The Labute approximate surface area is 409 Å². The predicted molar refractivity (Wildman–Crippen MR) is 259 cm³/mol. The van der Waals surface area contributed by atoms with Crippen LogP contribution in [0.15, 0.2) is 84.9 Å². The van der Waals surface area contributed by atoms with Crippen LogP contribution in [0.5, 0.6) is 11.5 Å². The van der Waals surface area contributed by atoms with Crippen molar-refractivity contribution in [3.8, 4) is 56.3 Å². The zero-order valence-corrected chi connectivity index (χ0v) is 44.5. The van der Waals surface area contributed by atoms with Gasteiger partial charge in [0.15, 0.2) is 0 Å². The minimum absolute atomic E-state index is 0.00326. The van der Waals surface area contributed by atoms with Crippen molar-refractivity contribution in [2.45, 2.75) is 156 Å². The number of rotatable bonds is 6. The molecule has 0 N–H and O–H groups in total. The number of aromatic nitrogens is 1. The van der Waals surface area contributed by atoms with Gasteiger partial charge in [-0.3, -0.25) is 0 Å². The van der Waals surface area contributed by atoms with Crippen molar-refractivity contribution in [2.24, 2.45) is 35.5 Å². The standard InChI is InChI=1S/C58H64F3NO2.2CH3.Hf/c1-54(2,3)39-21-46(52(63)48(23-39)56-27-33-15-34(28-56)17-35(16-33)29-56)42-11-7-9-13-44(42)50-25-41(58(59,60)61)26-51(62-50)45-14-10-8-12-43(45)47-22-40(55(4,5)6)24-49(53(47)64)57-30-36-18-37(31-57)20-38(19-36)32-57;;;/h7-14,21-26,33-38,63-64H,15-20,27-32H2,1-6H3;2*1H3;/q;;;+2/p-2. The second kappa shape index (κ2) is 17.0. The van der Waals surface area contributed by atoms with Crippen LogP contribution in [0, 0.1) is 35.5 Å². The predicted octanol–water partition coefficient (Wildman–Crippen LogP) is 15.6. The first-order chi connectivity index (χ1) is 31.7. The summed E-state index contributed by atoms with van der Waals surface area (Å²) in [6, 6.07) is 25.4. The number of alkyl halides is 3. The van der Waals surface area contributed by atoms with E-state index in [1.165, 1.54) is 38.5 Å². The van der Waals surface area contributed by atoms with Crippen LogP contribution in [0.2, 0.25) is 9.36 Å². The Morgan fingerprint density at radius 1 is 0.463 bits per heavy atom. The zero-order valence-electron chi connectivity index (χ0n) is 40.9. The average molecular weight is 1070 g/mol. The number of pyridine rings is 1. The third kappa shape index (κ3) is 8.60. The van der Waals surface area contributed by atoms with Crippen molar-refractivity contribution in [3.63, 3.8) is 0 Å². The molecule has 8 fully saturated rings. The Kier molecular flexibility index (Phi) is 11.9. The van der Waals surface area contributed by atoms with E-state index in [4.69, 9.17) is 4.98 Å². The molecule has 8 saturated carbocycles. The molecule has 0 radical (unpaired) electrons. The van der Waals surface area contributed by atoms with Crippen molar-refractivity contribution in [1.82, 2.24) is 4.98 Å². The van der Waals surface area contributed by atoms with Crippen molar-refractivity contribution in [2.75, 3.05) is 0 Å². The summed E-state index contributed by atoms with van der Waals surface area (Å²) in [5.41, 5.74) is 5.74. The topological polar surface area (TPSA) is 59.0 Å². The van der Waals surface area contributed by atoms with Gasteiger partial charge in [0.05, 0.1) is 17.0 Å². The number of halogens is 3. The molecule has 67 heavy (non-hydrogen) atoms. The van der Waals surface area contributed by atoms with Gasteiger partial charge in [0.25, 0.3) is 0 Å². The molecule has 8 aliphatic carbocycles. The Morgan fingerprint density at radius 3 is 1.04 bits per heavy atom.